The van der Waals surface area contributed by atoms with E-state index in [0.29, 0.717) is 5.56 Å². The van der Waals surface area contributed by atoms with E-state index in [2.05, 4.69) is 4.98 Å². The Morgan fingerprint density at radius 3 is 2.47 bits per heavy atom. The van der Waals surface area contributed by atoms with Gasteiger partial charge in [0, 0.05) is 22.7 Å². The molecule has 92 valence electrons. The van der Waals surface area contributed by atoms with Crippen LogP contribution in [0.5, 0.6) is 5.75 Å². The Bertz CT molecular complexity index is 748. The first-order valence-electron chi connectivity index (χ1n) is 5.91. The normalized spacial score (nSPS) is 10.5. The van der Waals surface area contributed by atoms with Crippen LogP contribution in [0.2, 0.25) is 0 Å². The monoisotopic (exact) mass is 249 g/mol. The minimum atomic E-state index is 0.237. The number of fused-ring (bicyclic) bond motifs is 1. The molecule has 0 spiro atoms. The molecule has 1 heterocycles. The predicted octanol–water partition coefficient (Wildman–Crippen LogP) is 3.42. The number of hydrogen-bond donors (Lipinski definition) is 1. The molecule has 1 N–H and O–H groups in total. The number of benzene rings is 2. The van der Waals surface area contributed by atoms with Crippen LogP contribution >= 0.6 is 0 Å². The fourth-order valence-corrected chi connectivity index (χ4v) is 2.04. The van der Waals surface area contributed by atoms with Gasteiger partial charge in [-0.3, -0.25) is 9.78 Å². The summed E-state index contributed by atoms with van der Waals surface area (Å²) in [4.78, 5) is 15.2. The lowest BCUT2D eigenvalue weighted by Crippen LogP contribution is -1.85. The molecule has 0 aliphatic carbocycles. The van der Waals surface area contributed by atoms with Gasteiger partial charge in [0.1, 0.15) is 12.0 Å². The summed E-state index contributed by atoms with van der Waals surface area (Å²) in [5, 5.41) is 10.2. The number of nitrogens with zero attached hydrogens (tertiary/aromatic N) is 1. The van der Waals surface area contributed by atoms with Crippen molar-refractivity contribution in [3.63, 3.8) is 0 Å². The molecule has 2 aromatic carbocycles. The molecule has 0 fully saturated rings. The fourth-order valence-electron chi connectivity index (χ4n) is 2.04. The topological polar surface area (TPSA) is 50.2 Å². The molecule has 0 unspecified atom stereocenters. The van der Waals surface area contributed by atoms with Crippen molar-refractivity contribution >= 4 is 17.2 Å². The Morgan fingerprint density at radius 1 is 0.947 bits per heavy atom. The summed E-state index contributed by atoms with van der Waals surface area (Å²) in [5.74, 6) is 0.237. The summed E-state index contributed by atoms with van der Waals surface area (Å²) in [5.41, 5.74) is 3.42. The quantitative estimate of drug-likeness (QED) is 0.708. The lowest BCUT2D eigenvalue weighted by Gasteiger charge is -2.04. The Kier molecular flexibility index (Phi) is 2.72. The SMILES string of the molecule is O=Cc1ccc2ncc(-c3ccc(O)cc3)cc2c1. The summed E-state index contributed by atoms with van der Waals surface area (Å²) in [6.07, 6.45) is 2.61. The number of aromatic hydroxyl groups is 1. The second-order valence-corrected chi connectivity index (χ2v) is 4.34. The van der Waals surface area contributed by atoms with Crippen molar-refractivity contribution in [3.8, 4) is 16.9 Å². The molecule has 0 amide bonds. The van der Waals surface area contributed by atoms with Gasteiger partial charge in [-0.15, -0.1) is 0 Å². The van der Waals surface area contributed by atoms with E-state index >= 15 is 0 Å². The first-order valence-corrected chi connectivity index (χ1v) is 5.91. The molecule has 0 bridgehead atoms. The van der Waals surface area contributed by atoms with Gasteiger partial charge in [-0.1, -0.05) is 12.1 Å². The lowest BCUT2D eigenvalue weighted by molar-refractivity contribution is 0.112. The molecule has 0 saturated heterocycles. The molecule has 0 aliphatic heterocycles. The van der Waals surface area contributed by atoms with Gasteiger partial charge in [-0.05, 0) is 42.0 Å². The van der Waals surface area contributed by atoms with Gasteiger partial charge in [-0.25, -0.2) is 0 Å². The van der Waals surface area contributed by atoms with Gasteiger partial charge in [-0.2, -0.15) is 0 Å². The van der Waals surface area contributed by atoms with Crippen molar-refractivity contribution in [1.29, 1.82) is 0 Å². The minimum absolute atomic E-state index is 0.237. The lowest BCUT2D eigenvalue weighted by atomic mass is 10.0. The maximum absolute atomic E-state index is 10.8. The van der Waals surface area contributed by atoms with Crippen LogP contribution in [0.1, 0.15) is 10.4 Å². The van der Waals surface area contributed by atoms with Gasteiger partial charge in [0.25, 0.3) is 0 Å². The van der Waals surface area contributed by atoms with Crippen LogP contribution in [-0.4, -0.2) is 16.4 Å². The second-order valence-electron chi connectivity index (χ2n) is 4.34. The summed E-state index contributed by atoms with van der Waals surface area (Å²) in [6, 6.07) is 14.3. The average molecular weight is 249 g/mol. The van der Waals surface area contributed by atoms with Gasteiger partial charge >= 0.3 is 0 Å². The zero-order valence-corrected chi connectivity index (χ0v) is 10.1. The third-order valence-corrected chi connectivity index (χ3v) is 3.04. The highest BCUT2D eigenvalue weighted by atomic mass is 16.3. The van der Waals surface area contributed by atoms with Crippen molar-refractivity contribution < 1.29 is 9.90 Å². The van der Waals surface area contributed by atoms with E-state index < -0.39 is 0 Å². The molecule has 0 saturated carbocycles. The Labute approximate surface area is 110 Å². The molecule has 3 nitrogen and oxygen atoms in total. The highest BCUT2D eigenvalue weighted by Gasteiger charge is 2.02. The van der Waals surface area contributed by atoms with E-state index in [1.54, 1.807) is 24.4 Å². The number of aromatic nitrogens is 1. The van der Waals surface area contributed by atoms with E-state index in [1.165, 1.54) is 0 Å². The van der Waals surface area contributed by atoms with Gasteiger partial charge in [0.15, 0.2) is 0 Å². The van der Waals surface area contributed by atoms with Crippen molar-refractivity contribution in [1.82, 2.24) is 4.98 Å². The van der Waals surface area contributed by atoms with E-state index in [9.17, 15) is 9.90 Å². The number of pyridine rings is 1. The van der Waals surface area contributed by atoms with E-state index in [0.717, 1.165) is 28.3 Å². The van der Waals surface area contributed by atoms with Crippen LogP contribution in [0.4, 0.5) is 0 Å². The summed E-state index contributed by atoms with van der Waals surface area (Å²) < 4.78 is 0. The number of hydrogen-bond acceptors (Lipinski definition) is 3. The molecule has 19 heavy (non-hydrogen) atoms. The zero-order valence-electron chi connectivity index (χ0n) is 10.1. The maximum atomic E-state index is 10.8. The molecule has 3 rings (SSSR count). The highest BCUT2D eigenvalue weighted by molar-refractivity contribution is 5.89. The summed E-state index contributed by atoms with van der Waals surface area (Å²) >= 11 is 0. The number of phenolic OH excluding ortho intramolecular Hbond substituents is 1. The summed E-state index contributed by atoms with van der Waals surface area (Å²) in [6.45, 7) is 0. The number of rotatable bonds is 2. The molecule has 3 aromatic rings. The summed E-state index contributed by atoms with van der Waals surface area (Å²) in [7, 11) is 0. The Morgan fingerprint density at radius 2 is 1.74 bits per heavy atom. The predicted molar refractivity (Wildman–Crippen MR) is 74.2 cm³/mol. The third-order valence-electron chi connectivity index (χ3n) is 3.04. The van der Waals surface area contributed by atoms with Crippen LogP contribution < -0.4 is 0 Å². The molecule has 0 atom stereocenters. The minimum Gasteiger partial charge on any atom is -0.508 e. The first-order chi connectivity index (χ1) is 9.26. The third kappa shape index (κ3) is 2.18. The number of aldehydes is 1. The second kappa shape index (κ2) is 4.53. The maximum Gasteiger partial charge on any atom is 0.150 e. The van der Waals surface area contributed by atoms with Crippen LogP contribution in [0, 0.1) is 0 Å². The van der Waals surface area contributed by atoms with Gasteiger partial charge < -0.3 is 5.11 Å². The largest absolute Gasteiger partial charge is 0.508 e. The molecule has 1 aromatic heterocycles. The fraction of sp³-hybridized carbons (Fsp3) is 0. The van der Waals surface area contributed by atoms with Crippen molar-refractivity contribution in [2.45, 2.75) is 0 Å². The van der Waals surface area contributed by atoms with Crippen molar-refractivity contribution in [2.24, 2.45) is 0 Å². The van der Waals surface area contributed by atoms with Crippen LogP contribution in [0.15, 0.2) is 54.7 Å². The van der Waals surface area contributed by atoms with E-state index in [4.69, 9.17) is 0 Å². The molecular weight excluding hydrogens is 238 g/mol. The highest BCUT2D eigenvalue weighted by Crippen LogP contribution is 2.24. The van der Waals surface area contributed by atoms with Crippen LogP contribution in [0.25, 0.3) is 22.0 Å². The molecular formula is C16H11NO2. The molecule has 3 heteroatoms. The first kappa shape index (κ1) is 11.4. The number of carbonyl (C=O) groups is 1. The molecule has 0 radical (unpaired) electrons. The molecule has 0 aliphatic rings. The van der Waals surface area contributed by atoms with Crippen molar-refractivity contribution in [2.75, 3.05) is 0 Å². The van der Waals surface area contributed by atoms with Crippen LogP contribution in [0.3, 0.4) is 0 Å². The number of carbonyl (C=O) groups excluding carboxylic acids is 1. The van der Waals surface area contributed by atoms with E-state index in [-0.39, 0.29) is 5.75 Å². The zero-order chi connectivity index (χ0) is 13.2. The Hall–Kier alpha value is -2.68. The van der Waals surface area contributed by atoms with Crippen molar-refractivity contribution in [3.05, 3.63) is 60.3 Å². The van der Waals surface area contributed by atoms with Gasteiger partial charge in [0.05, 0.1) is 5.52 Å². The average Bonchev–Trinajstić information content (AvgIpc) is 2.47. The standard InChI is InChI=1S/C16H11NO2/c18-10-11-1-6-16-13(7-11)8-14(9-17-16)12-2-4-15(19)5-3-12/h1-10,19H. The van der Waals surface area contributed by atoms with Gasteiger partial charge in [0.2, 0.25) is 0 Å². The smallest absolute Gasteiger partial charge is 0.150 e. The Balaban J connectivity index is 2.14. The van der Waals surface area contributed by atoms with E-state index in [1.807, 2.05) is 30.3 Å². The number of phenols is 1. The van der Waals surface area contributed by atoms with Crippen LogP contribution in [-0.2, 0) is 0 Å².